The van der Waals surface area contributed by atoms with Crippen molar-refractivity contribution in [3.05, 3.63) is 0 Å². The van der Waals surface area contributed by atoms with E-state index in [2.05, 4.69) is 25.3 Å². The van der Waals surface area contributed by atoms with Gasteiger partial charge in [0, 0.05) is 13.1 Å². The second-order valence-electron chi connectivity index (χ2n) is 5.19. The Labute approximate surface area is 112 Å². The van der Waals surface area contributed by atoms with Crippen LogP contribution in [-0.2, 0) is 0 Å². The Bertz CT molecular complexity index is 430. The van der Waals surface area contributed by atoms with Crippen LogP contribution in [0.3, 0.4) is 0 Å². The van der Waals surface area contributed by atoms with Gasteiger partial charge in [0.05, 0.1) is 6.61 Å². The van der Waals surface area contributed by atoms with E-state index in [4.69, 9.17) is 10.6 Å². The van der Waals surface area contributed by atoms with E-state index in [1.165, 1.54) is 32.1 Å². The highest BCUT2D eigenvalue weighted by Crippen LogP contribution is 2.29. The highest BCUT2D eigenvalue weighted by Gasteiger charge is 2.23. The Hall–Kier alpha value is -1.63. The lowest BCUT2D eigenvalue weighted by molar-refractivity contribution is 0.276. The van der Waals surface area contributed by atoms with Crippen LogP contribution in [-0.4, -0.2) is 34.6 Å². The molecular formula is C12H20N6O. The molecule has 1 saturated carbocycles. The summed E-state index contributed by atoms with van der Waals surface area (Å²) in [5.74, 6) is 7.10. The quantitative estimate of drug-likeness (QED) is 0.604. The van der Waals surface area contributed by atoms with Gasteiger partial charge in [0.1, 0.15) is 0 Å². The number of nitrogen functional groups attached to an aromatic ring is 1. The minimum Gasteiger partial charge on any atom is -0.463 e. The Morgan fingerprint density at radius 3 is 2.63 bits per heavy atom. The van der Waals surface area contributed by atoms with Gasteiger partial charge in [-0.15, -0.1) is 0 Å². The number of nitrogens with two attached hydrogens (primary N) is 1. The number of ether oxygens (including phenoxy) is 1. The summed E-state index contributed by atoms with van der Waals surface area (Å²) < 4.78 is 5.62. The molecule has 1 aromatic rings. The molecule has 0 unspecified atom stereocenters. The maximum atomic E-state index is 5.62. The largest absolute Gasteiger partial charge is 0.463 e. The van der Waals surface area contributed by atoms with Gasteiger partial charge in [0.15, 0.2) is 0 Å². The van der Waals surface area contributed by atoms with E-state index in [0.29, 0.717) is 30.4 Å². The normalized spacial score (nSPS) is 19.3. The van der Waals surface area contributed by atoms with Gasteiger partial charge in [0.2, 0.25) is 11.9 Å². The first-order valence-electron chi connectivity index (χ1n) is 6.95. The summed E-state index contributed by atoms with van der Waals surface area (Å²) in [4.78, 5) is 15.0. The van der Waals surface area contributed by atoms with Gasteiger partial charge in [-0.3, -0.25) is 5.43 Å². The molecule has 2 heterocycles. The molecule has 3 N–H and O–H groups in total. The molecule has 19 heavy (non-hydrogen) atoms. The van der Waals surface area contributed by atoms with E-state index in [1.54, 1.807) is 0 Å². The van der Waals surface area contributed by atoms with Crippen LogP contribution < -0.4 is 20.9 Å². The highest BCUT2D eigenvalue weighted by molar-refractivity contribution is 5.38. The van der Waals surface area contributed by atoms with Crippen molar-refractivity contribution in [2.45, 2.75) is 32.1 Å². The Kier molecular flexibility index (Phi) is 3.63. The van der Waals surface area contributed by atoms with Crippen molar-refractivity contribution in [1.82, 2.24) is 15.0 Å². The van der Waals surface area contributed by atoms with Crippen molar-refractivity contribution >= 4 is 11.9 Å². The number of nitrogens with one attached hydrogen (secondary N) is 1. The topological polar surface area (TPSA) is 89.2 Å². The van der Waals surface area contributed by atoms with Crippen LogP contribution in [0, 0.1) is 5.92 Å². The summed E-state index contributed by atoms with van der Waals surface area (Å²) in [6, 6.07) is 0.371. The van der Waals surface area contributed by atoms with Crippen LogP contribution in [0.25, 0.3) is 0 Å². The van der Waals surface area contributed by atoms with Gasteiger partial charge in [0.25, 0.3) is 0 Å². The second-order valence-corrected chi connectivity index (χ2v) is 5.19. The third kappa shape index (κ3) is 3.23. The first-order chi connectivity index (χ1) is 9.35. The number of hydrazine groups is 1. The molecule has 2 fully saturated rings. The monoisotopic (exact) mass is 264 g/mol. The fraction of sp³-hybridized carbons (Fsp3) is 0.750. The molecule has 7 heteroatoms. The van der Waals surface area contributed by atoms with E-state index < -0.39 is 0 Å². The predicted octanol–water partition coefficient (Wildman–Crippen LogP) is 0.936. The number of rotatable bonds is 5. The Morgan fingerprint density at radius 2 is 1.95 bits per heavy atom. The summed E-state index contributed by atoms with van der Waals surface area (Å²) in [6.07, 6.45) is 6.11. The first kappa shape index (κ1) is 12.4. The molecular weight excluding hydrogens is 244 g/mol. The average Bonchev–Trinajstić information content (AvgIpc) is 3.30. The number of aromatic nitrogens is 3. The lowest BCUT2D eigenvalue weighted by Gasteiger charge is -2.26. The molecule has 0 radical (unpaired) electrons. The van der Waals surface area contributed by atoms with E-state index >= 15 is 0 Å². The molecule has 0 spiro atoms. The molecule has 1 saturated heterocycles. The van der Waals surface area contributed by atoms with Crippen molar-refractivity contribution < 1.29 is 4.74 Å². The van der Waals surface area contributed by atoms with Crippen LogP contribution in [0.1, 0.15) is 32.1 Å². The highest BCUT2D eigenvalue weighted by atomic mass is 16.5. The van der Waals surface area contributed by atoms with Gasteiger partial charge in [-0.2, -0.15) is 15.0 Å². The van der Waals surface area contributed by atoms with Crippen molar-refractivity contribution in [1.29, 1.82) is 0 Å². The van der Waals surface area contributed by atoms with E-state index in [0.717, 1.165) is 13.1 Å². The second kappa shape index (κ2) is 5.56. The van der Waals surface area contributed by atoms with E-state index in [-0.39, 0.29) is 0 Å². The molecule has 104 valence electrons. The number of piperidine rings is 1. The van der Waals surface area contributed by atoms with Gasteiger partial charge in [-0.1, -0.05) is 0 Å². The summed E-state index contributed by atoms with van der Waals surface area (Å²) >= 11 is 0. The Balaban J connectivity index is 1.74. The van der Waals surface area contributed by atoms with Crippen molar-refractivity contribution in [2.24, 2.45) is 11.8 Å². The minimum atomic E-state index is 0.362. The smallest absolute Gasteiger partial charge is 0.323 e. The van der Waals surface area contributed by atoms with Crippen molar-refractivity contribution in [3.63, 3.8) is 0 Å². The predicted molar refractivity (Wildman–Crippen MR) is 71.9 cm³/mol. The summed E-state index contributed by atoms with van der Waals surface area (Å²) in [6.45, 7) is 2.65. The maximum Gasteiger partial charge on any atom is 0.323 e. The third-order valence-corrected chi connectivity index (χ3v) is 3.52. The summed E-state index contributed by atoms with van der Waals surface area (Å²) in [5.41, 5.74) is 2.48. The molecule has 0 amide bonds. The first-order valence-corrected chi connectivity index (χ1v) is 6.95. The number of anilines is 2. The number of nitrogens with zero attached hydrogens (tertiary/aromatic N) is 4. The van der Waals surface area contributed by atoms with Crippen LogP contribution in [0.4, 0.5) is 11.9 Å². The van der Waals surface area contributed by atoms with Crippen LogP contribution in [0.15, 0.2) is 0 Å². The lowest BCUT2D eigenvalue weighted by Crippen LogP contribution is -2.31. The molecule has 7 nitrogen and oxygen atoms in total. The van der Waals surface area contributed by atoms with Crippen LogP contribution in [0.5, 0.6) is 6.01 Å². The fourth-order valence-electron chi connectivity index (χ4n) is 2.19. The molecule has 1 aliphatic carbocycles. The van der Waals surface area contributed by atoms with Gasteiger partial charge >= 0.3 is 6.01 Å². The molecule has 2 aliphatic rings. The number of hydrogen-bond acceptors (Lipinski definition) is 7. The lowest BCUT2D eigenvalue weighted by atomic mass is 10.1. The van der Waals surface area contributed by atoms with Gasteiger partial charge < -0.3 is 9.64 Å². The zero-order valence-corrected chi connectivity index (χ0v) is 11.0. The maximum absolute atomic E-state index is 5.62. The van der Waals surface area contributed by atoms with Crippen molar-refractivity contribution in [2.75, 3.05) is 30.0 Å². The zero-order chi connectivity index (χ0) is 13.1. The Morgan fingerprint density at radius 1 is 1.16 bits per heavy atom. The van der Waals surface area contributed by atoms with Crippen LogP contribution >= 0.6 is 0 Å². The average molecular weight is 264 g/mol. The standard InChI is InChI=1S/C12H20N6O/c13-17-10-14-11(18-6-2-1-3-7-18)16-12(15-10)19-8-9-4-5-9/h9H,1-8,13H2,(H,14,15,16,17). The fourth-order valence-corrected chi connectivity index (χ4v) is 2.19. The SMILES string of the molecule is NNc1nc(OCC2CC2)nc(N2CCCCC2)n1. The molecule has 3 rings (SSSR count). The molecule has 0 bridgehead atoms. The van der Waals surface area contributed by atoms with Gasteiger partial charge in [-0.25, -0.2) is 5.84 Å². The molecule has 0 atom stereocenters. The van der Waals surface area contributed by atoms with Crippen molar-refractivity contribution in [3.8, 4) is 6.01 Å². The summed E-state index contributed by atoms with van der Waals surface area (Å²) in [7, 11) is 0. The summed E-state index contributed by atoms with van der Waals surface area (Å²) in [5, 5.41) is 0. The van der Waals surface area contributed by atoms with Crippen LogP contribution in [0.2, 0.25) is 0 Å². The molecule has 1 aliphatic heterocycles. The van der Waals surface area contributed by atoms with E-state index in [1.807, 2.05) is 0 Å². The minimum absolute atomic E-state index is 0.362. The molecule has 0 aromatic carbocycles. The molecule has 1 aromatic heterocycles. The third-order valence-electron chi connectivity index (χ3n) is 3.52. The van der Waals surface area contributed by atoms with Gasteiger partial charge in [-0.05, 0) is 38.0 Å². The van der Waals surface area contributed by atoms with E-state index in [9.17, 15) is 0 Å². The zero-order valence-electron chi connectivity index (χ0n) is 11.0. The number of hydrogen-bond donors (Lipinski definition) is 2.